The summed E-state index contributed by atoms with van der Waals surface area (Å²) in [6.07, 6.45) is 3.89. The van der Waals surface area contributed by atoms with Gasteiger partial charge in [0.05, 0.1) is 38.6 Å². The average molecular weight is 698 g/mol. The Bertz CT molecular complexity index is 2280. The maximum atomic E-state index is 15.8. The summed E-state index contributed by atoms with van der Waals surface area (Å²) in [5.74, 6) is -1.81. The van der Waals surface area contributed by atoms with Gasteiger partial charge in [-0.3, -0.25) is 9.29 Å². The molecule has 0 amide bonds. The third-order valence-corrected chi connectivity index (χ3v) is 10.2. The average Bonchev–Trinajstić information content (AvgIpc) is 3.50. The maximum absolute atomic E-state index is 15.8. The molecule has 3 aromatic carbocycles. The van der Waals surface area contributed by atoms with E-state index in [4.69, 9.17) is 28.2 Å². The number of aromatic nitrogens is 5. The van der Waals surface area contributed by atoms with E-state index in [0.717, 1.165) is 28.9 Å². The van der Waals surface area contributed by atoms with Crippen LogP contribution in [0.5, 0.6) is 0 Å². The Morgan fingerprint density at radius 2 is 1.70 bits per heavy atom. The number of fused-ring (bicyclic) bond motifs is 2. The molecule has 1 aliphatic heterocycles. The number of nitrogens with one attached hydrogen (secondary N) is 2. The number of rotatable bonds is 7. The number of hydrogen-bond acceptors (Lipinski definition) is 9. The summed E-state index contributed by atoms with van der Waals surface area (Å²) in [7, 11) is -4.41. The summed E-state index contributed by atoms with van der Waals surface area (Å²) in [6, 6.07) is 15.1. The molecule has 1 saturated heterocycles. The predicted octanol–water partition coefficient (Wildman–Crippen LogP) is 6.45. The molecular weight excluding hydrogens is 673 g/mol. The molecule has 0 radical (unpaired) electrons. The second-order valence-corrected chi connectivity index (χ2v) is 13.2. The van der Waals surface area contributed by atoms with E-state index in [9.17, 15) is 13.5 Å². The summed E-state index contributed by atoms with van der Waals surface area (Å²) < 4.78 is 60.8. The molecule has 0 bridgehead atoms. The van der Waals surface area contributed by atoms with E-state index >= 15 is 8.78 Å². The van der Waals surface area contributed by atoms with Gasteiger partial charge in [-0.25, -0.2) is 37.1 Å². The first-order valence-electron chi connectivity index (χ1n) is 14.3. The second-order valence-electron chi connectivity index (χ2n) is 10.8. The number of aliphatic hydroxyl groups is 1. The quantitative estimate of drug-likeness (QED) is 0.172. The van der Waals surface area contributed by atoms with Crippen molar-refractivity contribution in [2.45, 2.75) is 23.8 Å². The minimum absolute atomic E-state index is 0.00847. The predicted molar refractivity (Wildman–Crippen MR) is 176 cm³/mol. The Labute approximate surface area is 276 Å². The Balaban J connectivity index is 1.24. The molecule has 0 spiro atoms. The van der Waals surface area contributed by atoms with Gasteiger partial charge in [-0.2, -0.15) is 0 Å². The highest BCUT2D eigenvalue weighted by Crippen LogP contribution is 2.35. The van der Waals surface area contributed by atoms with Crippen LogP contribution in [-0.2, 0) is 10.0 Å². The third-order valence-electron chi connectivity index (χ3n) is 7.86. The normalized spacial score (nSPS) is 14.2. The number of halogens is 4. The first-order chi connectivity index (χ1) is 22.6. The van der Waals surface area contributed by atoms with Gasteiger partial charge >= 0.3 is 0 Å². The number of sulfonamides is 1. The molecule has 1 fully saturated rings. The number of benzene rings is 3. The zero-order valence-electron chi connectivity index (χ0n) is 24.2. The molecule has 4 heterocycles. The molecule has 3 N–H and O–H groups in total. The number of pyridine rings is 1. The molecule has 11 nitrogen and oxygen atoms in total. The largest absolute Gasteiger partial charge is 0.393 e. The first kappa shape index (κ1) is 31.0. The Morgan fingerprint density at radius 1 is 0.915 bits per heavy atom. The lowest BCUT2D eigenvalue weighted by Crippen LogP contribution is -2.35. The van der Waals surface area contributed by atoms with Gasteiger partial charge in [0, 0.05) is 13.1 Å². The minimum Gasteiger partial charge on any atom is -0.393 e. The summed E-state index contributed by atoms with van der Waals surface area (Å²) in [5, 5.41) is 12.3. The van der Waals surface area contributed by atoms with E-state index in [1.807, 2.05) is 18.2 Å². The van der Waals surface area contributed by atoms with E-state index in [1.54, 1.807) is 23.0 Å². The van der Waals surface area contributed by atoms with Crippen LogP contribution in [0, 0.1) is 11.6 Å². The number of imidazole rings is 1. The van der Waals surface area contributed by atoms with Gasteiger partial charge in [0.25, 0.3) is 10.0 Å². The van der Waals surface area contributed by atoms with Crippen LogP contribution in [0.3, 0.4) is 0 Å². The van der Waals surface area contributed by atoms with Crippen LogP contribution in [0.2, 0.25) is 10.0 Å². The van der Waals surface area contributed by atoms with Gasteiger partial charge in [-0.15, -0.1) is 0 Å². The standard InChI is InChI=1S/C31H24Cl2F2N8O3S/c32-18-3-1-6-24(26(18)33)47(45,46)41-20-8-7-19(34)28(27(20)35)40-31-29-21(36-15-37-31)9-10-25(39-29)43-16-38-30-22(4-2-5-23(30)43)42-13-11-17(44)12-14-42/h1-10,15-17,41,44H,11-14H2,(H,36,37,40). The van der Waals surface area contributed by atoms with Gasteiger partial charge < -0.3 is 15.3 Å². The highest BCUT2D eigenvalue weighted by Gasteiger charge is 2.25. The molecule has 0 saturated carbocycles. The van der Waals surface area contributed by atoms with E-state index in [0.29, 0.717) is 37.3 Å². The van der Waals surface area contributed by atoms with Gasteiger partial charge in [0.2, 0.25) is 0 Å². The maximum Gasteiger partial charge on any atom is 0.263 e. The Kier molecular flexibility index (Phi) is 8.04. The van der Waals surface area contributed by atoms with Crippen LogP contribution in [0.15, 0.2) is 78.2 Å². The van der Waals surface area contributed by atoms with Crippen molar-refractivity contribution in [1.29, 1.82) is 0 Å². The van der Waals surface area contributed by atoms with Crippen LogP contribution >= 0.6 is 23.2 Å². The molecule has 240 valence electrons. The lowest BCUT2D eigenvalue weighted by molar-refractivity contribution is 0.145. The fourth-order valence-electron chi connectivity index (χ4n) is 5.48. The third kappa shape index (κ3) is 5.78. The number of hydrogen-bond donors (Lipinski definition) is 3. The molecule has 0 atom stereocenters. The first-order valence-corrected chi connectivity index (χ1v) is 16.6. The molecule has 0 aliphatic carbocycles. The smallest absolute Gasteiger partial charge is 0.263 e. The molecule has 1 aliphatic rings. The van der Waals surface area contributed by atoms with Gasteiger partial charge in [-0.05, 0) is 61.4 Å². The Morgan fingerprint density at radius 3 is 2.51 bits per heavy atom. The summed E-state index contributed by atoms with van der Waals surface area (Å²) in [4.78, 5) is 19.6. The van der Waals surface area contributed by atoms with Crippen LogP contribution < -0.4 is 14.9 Å². The lowest BCUT2D eigenvalue weighted by Gasteiger charge is -2.31. The molecule has 0 unspecified atom stereocenters. The fourth-order valence-corrected chi connectivity index (χ4v) is 7.30. The number of nitrogens with zero attached hydrogens (tertiary/aromatic N) is 6. The zero-order chi connectivity index (χ0) is 32.9. The second kappa shape index (κ2) is 12.2. The number of aliphatic hydroxyl groups excluding tert-OH is 1. The molecule has 6 aromatic rings. The summed E-state index contributed by atoms with van der Waals surface area (Å²) >= 11 is 12.0. The van der Waals surface area contributed by atoms with Crippen molar-refractivity contribution in [3.8, 4) is 5.82 Å². The van der Waals surface area contributed by atoms with Crippen LogP contribution in [0.4, 0.5) is 31.7 Å². The van der Waals surface area contributed by atoms with Crippen molar-refractivity contribution >= 4 is 78.2 Å². The van der Waals surface area contributed by atoms with Crippen LogP contribution in [0.25, 0.3) is 27.9 Å². The van der Waals surface area contributed by atoms with E-state index in [2.05, 4.69) is 29.9 Å². The summed E-state index contributed by atoms with van der Waals surface area (Å²) in [5.41, 5.74) is 1.86. The molecule has 3 aromatic heterocycles. The number of piperidine rings is 1. The highest BCUT2D eigenvalue weighted by molar-refractivity contribution is 7.92. The van der Waals surface area contributed by atoms with Crippen molar-refractivity contribution < 1.29 is 22.3 Å². The van der Waals surface area contributed by atoms with Crippen molar-refractivity contribution in [3.63, 3.8) is 0 Å². The van der Waals surface area contributed by atoms with Crippen LogP contribution in [0.1, 0.15) is 12.8 Å². The minimum atomic E-state index is -4.41. The topological polar surface area (TPSA) is 138 Å². The monoisotopic (exact) mass is 696 g/mol. The number of para-hydroxylation sites is 1. The Hall–Kier alpha value is -4.63. The summed E-state index contributed by atoms with van der Waals surface area (Å²) in [6.45, 7) is 1.41. The highest BCUT2D eigenvalue weighted by atomic mass is 35.5. The van der Waals surface area contributed by atoms with Gasteiger partial charge in [0.1, 0.15) is 45.9 Å². The van der Waals surface area contributed by atoms with Crippen LogP contribution in [-0.4, -0.2) is 57.2 Å². The van der Waals surface area contributed by atoms with Gasteiger partial charge in [-0.1, -0.05) is 35.3 Å². The number of anilines is 4. The lowest BCUT2D eigenvalue weighted by atomic mass is 10.1. The van der Waals surface area contributed by atoms with E-state index in [1.165, 1.54) is 24.5 Å². The van der Waals surface area contributed by atoms with Crippen molar-refractivity contribution in [2.75, 3.05) is 28.0 Å². The molecule has 7 rings (SSSR count). The van der Waals surface area contributed by atoms with Crippen molar-refractivity contribution in [1.82, 2.24) is 24.5 Å². The molecule has 47 heavy (non-hydrogen) atoms. The molecule has 16 heteroatoms. The SMILES string of the molecule is O=S(=O)(Nc1ccc(F)c(Nc2ncnc3ccc(-n4cnc5c(N6CCC(O)CC6)cccc54)nc23)c1F)c1cccc(Cl)c1Cl. The van der Waals surface area contributed by atoms with Crippen molar-refractivity contribution in [3.05, 3.63) is 95.0 Å². The van der Waals surface area contributed by atoms with E-state index < -0.39 is 33.0 Å². The van der Waals surface area contributed by atoms with Gasteiger partial charge in [0.15, 0.2) is 11.6 Å². The fraction of sp³-hybridized carbons (Fsp3) is 0.161. The van der Waals surface area contributed by atoms with Crippen molar-refractivity contribution in [2.24, 2.45) is 0 Å². The van der Waals surface area contributed by atoms with E-state index in [-0.39, 0.29) is 32.4 Å². The molecular formula is C31H24Cl2F2N8O3S. The zero-order valence-corrected chi connectivity index (χ0v) is 26.5.